The second kappa shape index (κ2) is 6.64. The second-order valence-electron chi connectivity index (χ2n) is 8.44. The van der Waals surface area contributed by atoms with Crippen LogP contribution >= 0.6 is 0 Å². The molecule has 152 valence electrons. The van der Waals surface area contributed by atoms with Crippen molar-refractivity contribution in [3.05, 3.63) is 101 Å². The second-order valence-corrected chi connectivity index (χ2v) is 8.44. The number of nitrogens with zero attached hydrogens (tertiary/aromatic N) is 1. The summed E-state index contributed by atoms with van der Waals surface area (Å²) in [4.78, 5) is 40.7. The summed E-state index contributed by atoms with van der Waals surface area (Å²) < 4.78 is 0. The number of carbonyl (C=O) groups excluding carboxylic acids is 3. The minimum absolute atomic E-state index is 0.152. The van der Waals surface area contributed by atoms with Gasteiger partial charge in [-0.05, 0) is 34.4 Å². The Balaban J connectivity index is 1.37. The van der Waals surface area contributed by atoms with Gasteiger partial charge < -0.3 is 5.32 Å². The Hall–Kier alpha value is -3.73. The van der Waals surface area contributed by atoms with Crippen molar-refractivity contribution in [2.75, 3.05) is 11.9 Å². The highest BCUT2D eigenvalue weighted by Gasteiger charge is 2.61. The van der Waals surface area contributed by atoms with Crippen LogP contribution in [-0.2, 0) is 14.4 Å². The van der Waals surface area contributed by atoms with Gasteiger partial charge in [-0.1, -0.05) is 66.7 Å². The smallest absolute Gasteiger partial charge is 0.244 e. The van der Waals surface area contributed by atoms with E-state index in [2.05, 4.69) is 29.6 Å². The summed E-state index contributed by atoms with van der Waals surface area (Å²) in [7, 11) is 0. The highest BCUT2D eigenvalue weighted by Crippen LogP contribution is 2.60. The fourth-order valence-corrected chi connectivity index (χ4v) is 5.76. The number of imide groups is 1. The molecule has 1 fully saturated rings. The highest BCUT2D eigenvalue weighted by molar-refractivity contribution is 6.10. The summed E-state index contributed by atoms with van der Waals surface area (Å²) in [6.07, 6.45) is 0. The molecule has 2 atom stereocenters. The maximum absolute atomic E-state index is 13.5. The molecule has 5 heteroatoms. The van der Waals surface area contributed by atoms with E-state index in [1.165, 1.54) is 4.90 Å². The Kier molecular flexibility index (Phi) is 3.87. The molecule has 7 rings (SSSR count). The molecule has 1 N–H and O–H groups in total. The molecule has 2 bridgehead atoms. The van der Waals surface area contributed by atoms with Crippen LogP contribution in [-0.4, -0.2) is 29.2 Å². The van der Waals surface area contributed by atoms with Crippen LogP contribution in [0.5, 0.6) is 0 Å². The molecule has 5 nitrogen and oxygen atoms in total. The van der Waals surface area contributed by atoms with E-state index in [1.807, 2.05) is 42.5 Å². The zero-order valence-electron chi connectivity index (χ0n) is 16.7. The molecule has 1 saturated heterocycles. The number of benzene rings is 3. The third kappa shape index (κ3) is 2.53. The van der Waals surface area contributed by atoms with Gasteiger partial charge in [-0.15, -0.1) is 0 Å². The van der Waals surface area contributed by atoms with Crippen molar-refractivity contribution in [3.63, 3.8) is 0 Å². The number of hydrogen-bond donors (Lipinski definition) is 1. The zero-order valence-corrected chi connectivity index (χ0v) is 16.7. The molecule has 0 saturated carbocycles. The molecule has 0 unspecified atom stereocenters. The molecule has 0 radical (unpaired) electrons. The Morgan fingerprint density at radius 2 is 1.10 bits per heavy atom. The highest BCUT2D eigenvalue weighted by atomic mass is 16.2. The quantitative estimate of drug-likeness (QED) is 0.675. The average Bonchev–Trinajstić information content (AvgIpc) is 3.05. The summed E-state index contributed by atoms with van der Waals surface area (Å²) >= 11 is 0. The molecular weight excluding hydrogens is 388 g/mol. The van der Waals surface area contributed by atoms with E-state index in [1.54, 1.807) is 12.1 Å². The first-order chi connectivity index (χ1) is 15.1. The molecule has 31 heavy (non-hydrogen) atoms. The van der Waals surface area contributed by atoms with Crippen molar-refractivity contribution in [2.24, 2.45) is 11.8 Å². The largest absolute Gasteiger partial charge is 0.325 e. The summed E-state index contributed by atoms with van der Waals surface area (Å²) in [5.74, 6) is -2.05. The first-order valence-electron chi connectivity index (χ1n) is 10.5. The van der Waals surface area contributed by atoms with E-state index < -0.39 is 11.8 Å². The molecule has 3 aromatic carbocycles. The third-order valence-corrected chi connectivity index (χ3v) is 6.90. The number of nitrogens with one attached hydrogen (secondary N) is 1. The number of hydrogen-bond acceptors (Lipinski definition) is 3. The SMILES string of the molecule is O=C(CN1C(=O)[C@@H]2C3c4ccccc4C(c4ccccc43)[C@H]2C1=O)Nc1ccccc1. The lowest BCUT2D eigenvalue weighted by Crippen LogP contribution is -2.41. The van der Waals surface area contributed by atoms with Crippen molar-refractivity contribution < 1.29 is 14.4 Å². The minimum atomic E-state index is -0.452. The zero-order chi connectivity index (χ0) is 21.1. The standard InChI is InChI=1S/C26H20N2O3/c29-20(27-15-8-2-1-3-9-15)14-28-25(30)23-21-16-10-4-5-11-17(16)22(24(23)26(28)31)19-13-7-6-12-18(19)21/h1-13,21-24H,14H2,(H,27,29)/t21?,22?,23-,24-/m1/s1. The van der Waals surface area contributed by atoms with Crippen molar-refractivity contribution in [2.45, 2.75) is 11.8 Å². The fraction of sp³-hybridized carbons (Fsp3) is 0.192. The number of anilines is 1. The summed E-state index contributed by atoms with van der Waals surface area (Å²) in [5.41, 5.74) is 5.16. The number of carbonyl (C=O) groups is 3. The average molecular weight is 408 g/mol. The van der Waals surface area contributed by atoms with Gasteiger partial charge in [0.2, 0.25) is 17.7 Å². The Morgan fingerprint density at radius 3 is 1.55 bits per heavy atom. The lowest BCUT2D eigenvalue weighted by molar-refractivity contribution is -0.142. The van der Waals surface area contributed by atoms with Gasteiger partial charge in [0.1, 0.15) is 6.54 Å². The maximum Gasteiger partial charge on any atom is 0.244 e. The first kappa shape index (κ1) is 18.1. The number of rotatable bonds is 3. The molecule has 3 aromatic rings. The third-order valence-electron chi connectivity index (χ3n) is 6.90. The lowest BCUT2D eigenvalue weighted by Gasteiger charge is -2.45. The van der Waals surface area contributed by atoms with Gasteiger partial charge in [0.15, 0.2) is 0 Å². The van der Waals surface area contributed by atoms with E-state index in [4.69, 9.17) is 0 Å². The van der Waals surface area contributed by atoms with Crippen LogP contribution in [0.1, 0.15) is 34.1 Å². The Morgan fingerprint density at radius 1 is 0.677 bits per heavy atom. The van der Waals surface area contributed by atoms with Crippen LogP contribution in [0.4, 0.5) is 5.69 Å². The Labute approximate surface area is 179 Å². The summed E-state index contributed by atoms with van der Waals surface area (Å²) in [5, 5.41) is 2.78. The molecule has 3 aliphatic carbocycles. The fourth-order valence-electron chi connectivity index (χ4n) is 5.76. The van der Waals surface area contributed by atoms with Crippen LogP contribution in [0.15, 0.2) is 78.9 Å². The van der Waals surface area contributed by atoms with Crippen LogP contribution in [0.2, 0.25) is 0 Å². The molecule has 4 aliphatic rings. The molecule has 0 spiro atoms. The molecule has 0 aromatic heterocycles. The first-order valence-corrected chi connectivity index (χ1v) is 10.5. The van der Waals surface area contributed by atoms with Crippen LogP contribution in [0, 0.1) is 11.8 Å². The van der Waals surface area contributed by atoms with Crippen molar-refractivity contribution in [1.82, 2.24) is 4.90 Å². The predicted octanol–water partition coefficient (Wildman–Crippen LogP) is 3.52. The van der Waals surface area contributed by atoms with Gasteiger partial charge in [-0.3, -0.25) is 19.3 Å². The molecule has 3 amide bonds. The van der Waals surface area contributed by atoms with Gasteiger partial charge in [0.05, 0.1) is 11.8 Å². The van der Waals surface area contributed by atoms with Crippen LogP contribution in [0.3, 0.4) is 0 Å². The Bertz CT molecular complexity index is 1120. The monoisotopic (exact) mass is 408 g/mol. The van der Waals surface area contributed by atoms with E-state index in [0.29, 0.717) is 5.69 Å². The number of likely N-dealkylation sites (tertiary alicyclic amines) is 1. The summed E-state index contributed by atoms with van der Waals surface area (Å²) in [6, 6.07) is 25.3. The van der Waals surface area contributed by atoms with E-state index in [-0.39, 0.29) is 36.1 Å². The van der Waals surface area contributed by atoms with Gasteiger partial charge in [-0.25, -0.2) is 0 Å². The van der Waals surface area contributed by atoms with E-state index in [0.717, 1.165) is 22.3 Å². The molecular formula is C26H20N2O3. The van der Waals surface area contributed by atoms with Gasteiger partial charge >= 0.3 is 0 Å². The minimum Gasteiger partial charge on any atom is -0.325 e. The molecule has 1 aliphatic heterocycles. The molecule has 1 heterocycles. The topological polar surface area (TPSA) is 66.5 Å². The summed E-state index contributed by atoms with van der Waals surface area (Å²) in [6.45, 7) is -0.258. The van der Waals surface area contributed by atoms with Gasteiger partial charge in [-0.2, -0.15) is 0 Å². The van der Waals surface area contributed by atoms with Gasteiger partial charge in [0.25, 0.3) is 0 Å². The van der Waals surface area contributed by atoms with Crippen LogP contribution in [0.25, 0.3) is 0 Å². The van der Waals surface area contributed by atoms with Crippen molar-refractivity contribution in [3.8, 4) is 0 Å². The van der Waals surface area contributed by atoms with E-state index in [9.17, 15) is 14.4 Å². The van der Waals surface area contributed by atoms with Crippen molar-refractivity contribution in [1.29, 1.82) is 0 Å². The lowest BCUT2D eigenvalue weighted by atomic mass is 9.55. The normalized spacial score (nSPS) is 25.1. The maximum atomic E-state index is 13.5. The van der Waals surface area contributed by atoms with Crippen LogP contribution < -0.4 is 5.32 Å². The number of para-hydroxylation sites is 1. The predicted molar refractivity (Wildman–Crippen MR) is 115 cm³/mol. The van der Waals surface area contributed by atoms with Crippen molar-refractivity contribution >= 4 is 23.4 Å². The van der Waals surface area contributed by atoms with E-state index >= 15 is 0 Å². The van der Waals surface area contributed by atoms with Gasteiger partial charge in [0, 0.05) is 17.5 Å². The number of amides is 3.